The standard InChI is InChI=1S/C15H19N5O/c1-11-8-18-14(9-17-11)15(21)19-6-3-4-13(10-19)20-7-5-16-12(20)2/h5,7-9,13H,3-4,6,10H2,1-2H3/t13-/m1/s1. The molecule has 0 N–H and O–H groups in total. The van der Waals surface area contributed by atoms with Gasteiger partial charge in [0.05, 0.1) is 17.9 Å². The van der Waals surface area contributed by atoms with Gasteiger partial charge in [-0.2, -0.15) is 0 Å². The van der Waals surface area contributed by atoms with E-state index < -0.39 is 0 Å². The number of hydrogen-bond acceptors (Lipinski definition) is 4. The van der Waals surface area contributed by atoms with Gasteiger partial charge in [-0.3, -0.25) is 9.78 Å². The molecule has 3 heterocycles. The van der Waals surface area contributed by atoms with Gasteiger partial charge in [-0.1, -0.05) is 0 Å². The van der Waals surface area contributed by atoms with Gasteiger partial charge in [0.2, 0.25) is 0 Å². The molecule has 1 aliphatic heterocycles. The van der Waals surface area contributed by atoms with Crippen LogP contribution in [0.15, 0.2) is 24.8 Å². The van der Waals surface area contributed by atoms with Crippen molar-refractivity contribution in [3.05, 3.63) is 42.0 Å². The summed E-state index contributed by atoms with van der Waals surface area (Å²) >= 11 is 0. The predicted molar refractivity (Wildman–Crippen MR) is 77.9 cm³/mol. The summed E-state index contributed by atoms with van der Waals surface area (Å²) in [6, 6.07) is 0.295. The van der Waals surface area contributed by atoms with E-state index in [-0.39, 0.29) is 5.91 Å². The van der Waals surface area contributed by atoms with E-state index in [1.165, 1.54) is 0 Å². The second-order valence-corrected chi connectivity index (χ2v) is 5.47. The maximum absolute atomic E-state index is 12.5. The van der Waals surface area contributed by atoms with Crippen molar-refractivity contribution >= 4 is 5.91 Å². The Balaban J connectivity index is 1.75. The summed E-state index contributed by atoms with van der Waals surface area (Å²) in [5.74, 6) is 0.953. The summed E-state index contributed by atoms with van der Waals surface area (Å²) in [6.07, 6.45) is 9.05. The fourth-order valence-electron chi connectivity index (χ4n) is 2.80. The Hall–Kier alpha value is -2.24. The van der Waals surface area contributed by atoms with Crippen LogP contribution in [0.2, 0.25) is 0 Å². The van der Waals surface area contributed by atoms with Crippen LogP contribution in [-0.4, -0.2) is 43.4 Å². The molecule has 1 aliphatic rings. The zero-order chi connectivity index (χ0) is 14.8. The number of hydrogen-bond donors (Lipinski definition) is 0. The fourth-order valence-corrected chi connectivity index (χ4v) is 2.80. The van der Waals surface area contributed by atoms with Crippen LogP contribution in [-0.2, 0) is 0 Å². The molecule has 0 aromatic carbocycles. The molecule has 2 aromatic heterocycles. The predicted octanol–water partition coefficient (Wildman–Crippen LogP) is 1.77. The second-order valence-electron chi connectivity index (χ2n) is 5.47. The molecule has 2 aromatic rings. The molecule has 6 nitrogen and oxygen atoms in total. The number of carbonyl (C=O) groups is 1. The molecule has 0 aliphatic carbocycles. The summed E-state index contributed by atoms with van der Waals surface area (Å²) in [5.41, 5.74) is 1.24. The number of rotatable bonds is 2. The van der Waals surface area contributed by atoms with Gasteiger partial charge in [0.1, 0.15) is 11.5 Å². The van der Waals surface area contributed by atoms with Crippen LogP contribution in [0.5, 0.6) is 0 Å². The lowest BCUT2D eigenvalue weighted by molar-refractivity contribution is 0.0672. The molecule has 0 saturated carbocycles. The van der Waals surface area contributed by atoms with Gasteiger partial charge in [0.15, 0.2) is 0 Å². The summed E-state index contributed by atoms with van der Waals surface area (Å²) in [4.78, 5) is 27.0. The fraction of sp³-hybridized carbons (Fsp3) is 0.467. The summed E-state index contributed by atoms with van der Waals surface area (Å²) in [6.45, 7) is 5.33. The van der Waals surface area contributed by atoms with Crippen molar-refractivity contribution in [3.63, 3.8) is 0 Å². The highest BCUT2D eigenvalue weighted by Gasteiger charge is 2.26. The first-order chi connectivity index (χ1) is 10.1. The van der Waals surface area contributed by atoms with Crippen LogP contribution in [0.25, 0.3) is 0 Å². The first-order valence-corrected chi connectivity index (χ1v) is 7.22. The molecule has 1 atom stereocenters. The Kier molecular flexibility index (Phi) is 3.68. The molecule has 3 rings (SSSR count). The lowest BCUT2D eigenvalue weighted by atomic mass is 10.0. The van der Waals surface area contributed by atoms with Crippen molar-refractivity contribution in [1.29, 1.82) is 0 Å². The SMILES string of the molecule is Cc1cnc(C(=O)N2CCC[C@@H](n3ccnc3C)C2)cn1. The molecule has 1 saturated heterocycles. The lowest BCUT2D eigenvalue weighted by Crippen LogP contribution is -2.41. The molecule has 110 valence electrons. The van der Waals surface area contributed by atoms with Crippen molar-refractivity contribution < 1.29 is 4.79 Å². The van der Waals surface area contributed by atoms with Crippen LogP contribution in [0.3, 0.4) is 0 Å². The molecule has 1 amide bonds. The van der Waals surface area contributed by atoms with Gasteiger partial charge >= 0.3 is 0 Å². The number of amides is 1. The van der Waals surface area contributed by atoms with E-state index in [0.717, 1.165) is 30.9 Å². The smallest absolute Gasteiger partial charge is 0.274 e. The molecule has 21 heavy (non-hydrogen) atoms. The third-order valence-corrected chi connectivity index (χ3v) is 3.94. The highest BCUT2D eigenvalue weighted by atomic mass is 16.2. The zero-order valence-corrected chi connectivity index (χ0v) is 12.4. The Labute approximate surface area is 123 Å². The molecular formula is C15H19N5O. The number of aryl methyl sites for hydroxylation is 2. The van der Waals surface area contributed by atoms with E-state index in [9.17, 15) is 4.79 Å². The van der Waals surface area contributed by atoms with E-state index in [4.69, 9.17) is 0 Å². The highest BCUT2D eigenvalue weighted by molar-refractivity contribution is 5.92. The van der Waals surface area contributed by atoms with Crippen LogP contribution >= 0.6 is 0 Å². The van der Waals surface area contributed by atoms with E-state index >= 15 is 0 Å². The monoisotopic (exact) mass is 285 g/mol. The summed E-state index contributed by atoms with van der Waals surface area (Å²) in [7, 11) is 0. The molecule has 0 unspecified atom stereocenters. The molecule has 6 heteroatoms. The highest BCUT2D eigenvalue weighted by Crippen LogP contribution is 2.23. The molecule has 0 spiro atoms. The second kappa shape index (κ2) is 5.63. The Morgan fingerprint density at radius 2 is 2.10 bits per heavy atom. The minimum absolute atomic E-state index is 0.0371. The van der Waals surface area contributed by atoms with E-state index in [0.29, 0.717) is 18.3 Å². The quantitative estimate of drug-likeness (QED) is 0.843. The first kappa shape index (κ1) is 13.7. The third kappa shape index (κ3) is 2.79. The van der Waals surface area contributed by atoms with Gasteiger partial charge in [-0.25, -0.2) is 9.97 Å². The van der Waals surface area contributed by atoms with Crippen molar-refractivity contribution in [2.24, 2.45) is 0 Å². The van der Waals surface area contributed by atoms with E-state index in [2.05, 4.69) is 19.5 Å². The van der Waals surface area contributed by atoms with Crippen molar-refractivity contribution in [1.82, 2.24) is 24.4 Å². The third-order valence-electron chi connectivity index (χ3n) is 3.94. The normalized spacial score (nSPS) is 18.8. The van der Waals surface area contributed by atoms with Crippen molar-refractivity contribution in [2.75, 3.05) is 13.1 Å². The summed E-state index contributed by atoms with van der Waals surface area (Å²) < 4.78 is 2.15. The maximum Gasteiger partial charge on any atom is 0.274 e. The molecular weight excluding hydrogens is 266 g/mol. The number of likely N-dealkylation sites (tertiary alicyclic amines) is 1. The number of imidazole rings is 1. The Morgan fingerprint density at radius 3 is 2.76 bits per heavy atom. The topological polar surface area (TPSA) is 63.9 Å². The van der Waals surface area contributed by atoms with Gasteiger partial charge in [0.25, 0.3) is 5.91 Å². The van der Waals surface area contributed by atoms with Crippen LogP contribution in [0.1, 0.15) is 40.9 Å². The number of nitrogens with zero attached hydrogens (tertiary/aromatic N) is 5. The molecule has 1 fully saturated rings. The van der Waals surface area contributed by atoms with Crippen molar-refractivity contribution in [3.8, 4) is 0 Å². The van der Waals surface area contributed by atoms with Gasteiger partial charge in [0, 0.05) is 31.7 Å². The minimum Gasteiger partial charge on any atom is -0.335 e. The van der Waals surface area contributed by atoms with Crippen LogP contribution < -0.4 is 0 Å². The largest absolute Gasteiger partial charge is 0.335 e. The number of carbonyl (C=O) groups excluding carboxylic acids is 1. The van der Waals surface area contributed by atoms with Crippen LogP contribution in [0.4, 0.5) is 0 Å². The van der Waals surface area contributed by atoms with Gasteiger partial charge in [-0.05, 0) is 26.7 Å². The average molecular weight is 285 g/mol. The van der Waals surface area contributed by atoms with E-state index in [1.54, 1.807) is 12.4 Å². The molecule has 0 bridgehead atoms. The minimum atomic E-state index is -0.0371. The van der Waals surface area contributed by atoms with Crippen molar-refractivity contribution in [2.45, 2.75) is 32.7 Å². The maximum atomic E-state index is 12.5. The lowest BCUT2D eigenvalue weighted by Gasteiger charge is -2.33. The van der Waals surface area contributed by atoms with Crippen LogP contribution in [0, 0.1) is 13.8 Å². The summed E-state index contributed by atoms with van der Waals surface area (Å²) in [5, 5.41) is 0. The average Bonchev–Trinajstić information content (AvgIpc) is 2.94. The van der Waals surface area contributed by atoms with E-state index in [1.807, 2.05) is 31.1 Å². The molecule has 0 radical (unpaired) electrons. The number of piperidine rings is 1. The zero-order valence-electron chi connectivity index (χ0n) is 12.4. The Morgan fingerprint density at radius 1 is 1.24 bits per heavy atom. The Bertz CT molecular complexity index is 634. The first-order valence-electron chi connectivity index (χ1n) is 7.22. The van der Waals surface area contributed by atoms with Gasteiger partial charge in [-0.15, -0.1) is 0 Å². The van der Waals surface area contributed by atoms with Gasteiger partial charge < -0.3 is 9.47 Å². The number of aromatic nitrogens is 4.